The maximum atomic E-state index is 12.1. The summed E-state index contributed by atoms with van der Waals surface area (Å²) in [5, 5.41) is 4.20. The SMILES string of the molecule is O=C(CCc1ccccc1)NCCc1c[nH]c2cc(OCc3ccccc3)ccc12. The number of hydrogen-bond acceptors (Lipinski definition) is 2. The van der Waals surface area contributed by atoms with Crippen LogP contribution in [0.15, 0.2) is 85.1 Å². The summed E-state index contributed by atoms with van der Waals surface area (Å²) in [6, 6.07) is 26.3. The van der Waals surface area contributed by atoms with Gasteiger partial charge in [0.1, 0.15) is 12.4 Å². The van der Waals surface area contributed by atoms with E-state index in [1.807, 2.05) is 54.7 Å². The number of amides is 1. The van der Waals surface area contributed by atoms with Crippen molar-refractivity contribution >= 4 is 16.8 Å². The van der Waals surface area contributed by atoms with E-state index in [0.717, 1.165) is 29.7 Å². The molecule has 0 spiro atoms. The normalized spacial score (nSPS) is 10.8. The molecule has 1 amide bonds. The van der Waals surface area contributed by atoms with Gasteiger partial charge in [-0.15, -0.1) is 0 Å². The van der Waals surface area contributed by atoms with Gasteiger partial charge in [-0.25, -0.2) is 0 Å². The summed E-state index contributed by atoms with van der Waals surface area (Å²) in [5.41, 5.74) is 4.58. The zero-order chi connectivity index (χ0) is 20.6. The number of hydrogen-bond donors (Lipinski definition) is 2. The van der Waals surface area contributed by atoms with Gasteiger partial charge in [-0.1, -0.05) is 60.7 Å². The van der Waals surface area contributed by atoms with E-state index in [2.05, 4.69) is 40.6 Å². The zero-order valence-electron chi connectivity index (χ0n) is 16.9. The number of aryl methyl sites for hydroxylation is 1. The van der Waals surface area contributed by atoms with Crippen molar-refractivity contribution in [3.8, 4) is 5.75 Å². The lowest BCUT2D eigenvalue weighted by atomic mass is 10.1. The monoisotopic (exact) mass is 398 g/mol. The predicted molar refractivity (Wildman–Crippen MR) is 121 cm³/mol. The predicted octanol–water partition coefficient (Wildman–Crippen LogP) is 5.04. The van der Waals surface area contributed by atoms with Gasteiger partial charge in [-0.05, 0) is 41.7 Å². The molecule has 2 N–H and O–H groups in total. The molecule has 30 heavy (non-hydrogen) atoms. The minimum Gasteiger partial charge on any atom is -0.489 e. The molecule has 0 aliphatic carbocycles. The first-order chi connectivity index (χ1) is 14.8. The first-order valence-electron chi connectivity index (χ1n) is 10.4. The highest BCUT2D eigenvalue weighted by Crippen LogP contribution is 2.24. The third-order valence-electron chi connectivity index (χ3n) is 5.19. The minimum absolute atomic E-state index is 0.0929. The Morgan fingerprint density at radius 2 is 1.60 bits per heavy atom. The van der Waals surface area contributed by atoms with Crippen molar-refractivity contribution in [3.05, 3.63) is 102 Å². The lowest BCUT2D eigenvalue weighted by Crippen LogP contribution is -2.25. The quantitative estimate of drug-likeness (QED) is 0.415. The number of nitrogens with one attached hydrogen (secondary N) is 2. The molecule has 0 aliphatic rings. The highest BCUT2D eigenvalue weighted by molar-refractivity contribution is 5.84. The van der Waals surface area contributed by atoms with Gasteiger partial charge < -0.3 is 15.0 Å². The fourth-order valence-electron chi connectivity index (χ4n) is 3.53. The van der Waals surface area contributed by atoms with Gasteiger partial charge in [0.05, 0.1) is 0 Å². The topological polar surface area (TPSA) is 54.1 Å². The molecule has 0 saturated carbocycles. The first-order valence-corrected chi connectivity index (χ1v) is 10.4. The number of benzene rings is 3. The van der Waals surface area contributed by atoms with Gasteiger partial charge in [-0.3, -0.25) is 4.79 Å². The second-order valence-electron chi connectivity index (χ2n) is 7.38. The number of fused-ring (bicyclic) bond motifs is 1. The Bertz CT molecular complexity index is 1090. The van der Waals surface area contributed by atoms with E-state index in [-0.39, 0.29) is 5.91 Å². The summed E-state index contributed by atoms with van der Waals surface area (Å²) in [7, 11) is 0. The average Bonchev–Trinajstić information content (AvgIpc) is 3.20. The summed E-state index contributed by atoms with van der Waals surface area (Å²) in [6.45, 7) is 1.18. The molecule has 0 atom stereocenters. The fourth-order valence-corrected chi connectivity index (χ4v) is 3.53. The Morgan fingerprint density at radius 3 is 2.37 bits per heavy atom. The lowest BCUT2D eigenvalue weighted by Gasteiger charge is -2.07. The second-order valence-corrected chi connectivity index (χ2v) is 7.38. The van der Waals surface area contributed by atoms with Crippen LogP contribution in [0.1, 0.15) is 23.1 Å². The first kappa shape index (κ1) is 19.8. The molecule has 0 bridgehead atoms. The molecular weight excluding hydrogens is 372 g/mol. The zero-order valence-corrected chi connectivity index (χ0v) is 16.9. The Kier molecular flexibility index (Phi) is 6.45. The Morgan fingerprint density at radius 1 is 0.867 bits per heavy atom. The van der Waals surface area contributed by atoms with Crippen LogP contribution in [0, 0.1) is 0 Å². The van der Waals surface area contributed by atoms with E-state index in [0.29, 0.717) is 19.6 Å². The molecule has 4 nitrogen and oxygen atoms in total. The highest BCUT2D eigenvalue weighted by Gasteiger charge is 2.07. The van der Waals surface area contributed by atoms with Crippen molar-refractivity contribution in [2.75, 3.05) is 6.54 Å². The van der Waals surface area contributed by atoms with Crippen molar-refractivity contribution in [3.63, 3.8) is 0 Å². The summed E-state index contributed by atoms with van der Waals surface area (Å²) in [6.07, 6.45) is 4.09. The average molecular weight is 399 g/mol. The molecule has 0 unspecified atom stereocenters. The maximum absolute atomic E-state index is 12.1. The van der Waals surface area contributed by atoms with Gasteiger partial charge in [0, 0.05) is 36.1 Å². The Balaban J connectivity index is 1.27. The molecule has 4 aromatic rings. The van der Waals surface area contributed by atoms with E-state index in [1.54, 1.807) is 0 Å². The Hall–Kier alpha value is -3.53. The Labute approximate surface area is 176 Å². The van der Waals surface area contributed by atoms with Crippen LogP contribution >= 0.6 is 0 Å². The molecule has 152 valence electrons. The van der Waals surface area contributed by atoms with E-state index < -0.39 is 0 Å². The summed E-state index contributed by atoms with van der Waals surface area (Å²) in [5.74, 6) is 0.935. The number of ether oxygens (including phenoxy) is 1. The third kappa shape index (κ3) is 5.29. The molecule has 0 radical (unpaired) electrons. The summed E-state index contributed by atoms with van der Waals surface area (Å²) < 4.78 is 5.91. The van der Waals surface area contributed by atoms with Crippen LogP contribution in [0.5, 0.6) is 5.75 Å². The van der Waals surface area contributed by atoms with Crippen LogP contribution in [-0.4, -0.2) is 17.4 Å². The molecule has 1 aromatic heterocycles. The van der Waals surface area contributed by atoms with Crippen molar-refractivity contribution < 1.29 is 9.53 Å². The molecule has 0 saturated heterocycles. The lowest BCUT2D eigenvalue weighted by molar-refractivity contribution is -0.121. The number of aromatic amines is 1. The minimum atomic E-state index is 0.0929. The fraction of sp³-hybridized carbons (Fsp3) is 0.192. The van der Waals surface area contributed by atoms with Crippen molar-refractivity contribution in [1.82, 2.24) is 10.3 Å². The third-order valence-corrected chi connectivity index (χ3v) is 5.19. The van der Waals surface area contributed by atoms with Gasteiger partial charge in [0.25, 0.3) is 0 Å². The van der Waals surface area contributed by atoms with Crippen molar-refractivity contribution in [1.29, 1.82) is 0 Å². The van der Waals surface area contributed by atoms with Crippen molar-refractivity contribution in [2.45, 2.75) is 25.9 Å². The molecule has 3 aromatic carbocycles. The van der Waals surface area contributed by atoms with E-state index in [9.17, 15) is 4.79 Å². The molecule has 0 aliphatic heterocycles. The highest BCUT2D eigenvalue weighted by atomic mass is 16.5. The molecular formula is C26H26N2O2. The van der Waals surface area contributed by atoms with E-state index in [4.69, 9.17) is 4.74 Å². The van der Waals surface area contributed by atoms with Gasteiger partial charge in [0.2, 0.25) is 5.91 Å². The van der Waals surface area contributed by atoms with Gasteiger partial charge in [-0.2, -0.15) is 0 Å². The van der Waals surface area contributed by atoms with Crippen LogP contribution < -0.4 is 10.1 Å². The standard InChI is InChI=1S/C26H26N2O2/c29-26(14-11-20-7-3-1-4-8-20)27-16-15-22-18-28-25-17-23(12-13-24(22)25)30-19-21-9-5-2-6-10-21/h1-10,12-13,17-18,28H,11,14-16,19H2,(H,27,29). The van der Waals surface area contributed by atoms with Crippen molar-refractivity contribution in [2.24, 2.45) is 0 Å². The number of carbonyl (C=O) groups is 1. The van der Waals surface area contributed by atoms with Crippen LogP contribution in [-0.2, 0) is 24.2 Å². The summed E-state index contributed by atoms with van der Waals surface area (Å²) in [4.78, 5) is 15.4. The summed E-state index contributed by atoms with van der Waals surface area (Å²) >= 11 is 0. The molecule has 0 fully saturated rings. The van der Waals surface area contributed by atoms with E-state index >= 15 is 0 Å². The number of rotatable bonds is 9. The van der Waals surface area contributed by atoms with E-state index in [1.165, 1.54) is 16.5 Å². The van der Waals surface area contributed by atoms with Crippen LogP contribution in [0.3, 0.4) is 0 Å². The van der Waals surface area contributed by atoms with Crippen LogP contribution in [0.4, 0.5) is 0 Å². The number of aromatic nitrogens is 1. The number of carbonyl (C=O) groups excluding carboxylic acids is 1. The smallest absolute Gasteiger partial charge is 0.220 e. The van der Waals surface area contributed by atoms with Crippen LogP contribution in [0.2, 0.25) is 0 Å². The maximum Gasteiger partial charge on any atom is 0.220 e. The second kappa shape index (κ2) is 9.79. The number of H-pyrrole nitrogens is 1. The van der Waals surface area contributed by atoms with Crippen LogP contribution in [0.25, 0.3) is 10.9 Å². The molecule has 4 heteroatoms. The molecule has 4 rings (SSSR count). The van der Waals surface area contributed by atoms with Gasteiger partial charge in [0.15, 0.2) is 0 Å². The largest absolute Gasteiger partial charge is 0.489 e. The van der Waals surface area contributed by atoms with Gasteiger partial charge >= 0.3 is 0 Å². The molecule has 1 heterocycles.